The van der Waals surface area contributed by atoms with Gasteiger partial charge in [-0.15, -0.1) is 0 Å². The molecule has 2 heteroatoms. The number of nitrogens with two attached hydrogens (primary N) is 1. The Bertz CT molecular complexity index is 412. The van der Waals surface area contributed by atoms with Gasteiger partial charge in [0.15, 0.2) is 0 Å². The maximum atomic E-state index is 6.08. The van der Waals surface area contributed by atoms with Crippen LogP contribution in [0.4, 0.5) is 0 Å². The van der Waals surface area contributed by atoms with Crippen molar-refractivity contribution in [3.63, 3.8) is 0 Å². The van der Waals surface area contributed by atoms with Crippen LogP contribution in [0, 0.1) is 12.8 Å². The van der Waals surface area contributed by atoms with E-state index < -0.39 is 0 Å². The van der Waals surface area contributed by atoms with E-state index in [2.05, 4.69) is 43.1 Å². The van der Waals surface area contributed by atoms with Crippen LogP contribution in [0.15, 0.2) is 24.3 Å². The second kappa shape index (κ2) is 4.67. The highest BCUT2D eigenvalue weighted by molar-refractivity contribution is 5.27. The lowest BCUT2D eigenvalue weighted by atomic mass is 9.76. The van der Waals surface area contributed by atoms with Crippen molar-refractivity contribution in [1.82, 2.24) is 4.90 Å². The molecule has 18 heavy (non-hydrogen) atoms. The Hall–Kier alpha value is -0.860. The van der Waals surface area contributed by atoms with Crippen LogP contribution in [0.5, 0.6) is 0 Å². The fourth-order valence-corrected chi connectivity index (χ4v) is 4.10. The zero-order valence-electron chi connectivity index (χ0n) is 11.5. The Kier molecular flexibility index (Phi) is 3.16. The molecular weight excluding hydrogens is 220 g/mol. The minimum Gasteiger partial charge on any atom is -0.330 e. The summed E-state index contributed by atoms with van der Waals surface area (Å²) in [5.41, 5.74) is 8.93. The molecule has 1 aromatic carbocycles. The van der Waals surface area contributed by atoms with E-state index in [1.807, 2.05) is 0 Å². The van der Waals surface area contributed by atoms with Crippen molar-refractivity contribution in [2.24, 2.45) is 11.7 Å². The van der Waals surface area contributed by atoms with Gasteiger partial charge in [-0.2, -0.15) is 0 Å². The quantitative estimate of drug-likeness (QED) is 0.866. The van der Waals surface area contributed by atoms with Crippen LogP contribution >= 0.6 is 0 Å². The highest BCUT2D eigenvalue weighted by Gasteiger charge is 2.45. The van der Waals surface area contributed by atoms with E-state index in [1.165, 1.54) is 30.4 Å². The Balaban J connectivity index is 1.89. The van der Waals surface area contributed by atoms with Gasteiger partial charge in [-0.05, 0) is 57.2 Å². The fraction of sp³-hybridized carbons (Fsp3) is 0.625. The molecule has 0 amide bonds. The first kappa shape index (κ1) is 12.2. The van der Waals surface area contributed by atoms with E-state index >= 15 is 0 Å². The summed E-state index contributed by atoms with van der Waals surface area (Å²) in [6, 6.07) is 10.6. The number of fused-ring (bicyclic) bond motifs is 2. The van der Waals surface area contributed by atoms with Crippen molar-refractivity contribution in [3.8, 4) is 0 Å². The summed E-state index contributed by atoms with van der Waals surface area (Å²) < 4.78 is 0. The number of benzene rings is 1. The average Bonchev–Trinajstić information content (AvgIpc) is 2.63. The zero-order chi connectivity index (χ0) is 12.7. The SMILES string of the molecule is Cc1ccc(C2CC3CCC(C2CN)N3C)cc1. The second-order valence-corrected chi connectivity index (χ2v) is 6.12. The predicted octanol–water partition coefficient (Wildman–Crippen LogP) is 2.52. The van der Waals surface area contributed by atoms with Crippen LogP contribution in [0.2, 0.25) is 0 Å². The second-order valence-electron chi connectivity index (χ2n) is 6.12. The molecule has 4 unspecified atom stereocenters. The highest BCUT2D eigenvalue weighted by atomic mass is 15.2. The summed E-state index contributed by atoms with van der Waals surface area (Å²) in [4.78, 5) is 2.59. The minimum absolute atomic E-state index is 0.636. The van der Waals surface area contributed by atoms with Gasteiger partial charge in [0, 0.05) is 12.1 Å². The molecule has 2 N–H and O–H groups in total. The predicted molar refractivity (Wildman–Crippen MR) is 75.7 cm³/mol. The Morgan fingerprint density at radius 1 is 1.22 bits per heavy atom. The zero-order valence-corrected chi connectivity index (χ0v) is 11.5. The third-order valence-electron chi connectivity index (χ3n) is 5.21. The molecule has 4 atom stereocenters. The van der Waals surface area contributed by atoms with Crippen LogP contribution in [0.25, 0.3) is 0 Å². The van der Waals surface area contributed by atoms with Gasteiger partial charge in [0.2, 0.25) is 0 Å². The summed E-state index contributed by atoms with van der Waals surface area (Å²) in [5.74, 6) is 1.31. The maximum Gasteiger partial charge on any atom is 0.0142 e. The number of hydrogen-bond donors (Lipinski definition) is 1. The van der Waals surface area contributed by atoms with E-state index in [4.69, 9.17) is 5.73 Å². The topological polar surface area (TPSA) is 29.3 Å². The lowest BCUT2D eigenvalue weighted by molar-refractivity contribution is 0.104. The standard InChI is InChI=1S/C16H24N2/c1-11-3-5-12(6-4-11)14-9-13-7-8-16(18(13)2)15(14)10-17/h3-6,13-16H,7-10,17H2,1-2H3. The van der Waals surface area contributed by atoms with Crippen molar-refractivity contribution in [2.75, 3.05) is 13.6 Å². The Labute approximate surface area is 110 Å². The molecule has 0 radical (unpaired) electrons. The van der Waals surface area contributed by atoms with Crippen molar-refractivity contribution in [3.05, 3.63) is 35.4 Å². The number of rotatable bonds is 2. The van der Waals surface area contributed by atoms with Gasteiger partial charge >= 0.3 is 0 Å². The van der Waals surface area contributed by atoms with E-state index in [9.17, 15) is 0 Å². The van der Waals surface area contributed by atoms with Gasteiger partial charge < -0.3 is 10.6 Å². The van der Waals surface area contributed by atoms with E-state index in [-0.39, 0.29) is 0 Å². The average molecular weight is 244 g/mol. The molecule has 2 nitrogen and oxygen atoms in total. The molecule has 98 valence electrons. The van der Waals surface area contributed by atoms with Crippen molar-refractivity contribution < 1.29 is 0 Å². The molecule has 2 aliphatic rings. The highest BCUT2D eigenvalue weighted by Crippen LogP contribution is 2.45. The molecule has 0 aliphatic carbocycles. The van der Waals surface area contributed by atoms with Gasteiger partial charge in [-0.3, -0.25) is 0 Å². The summed E-state index contributed by atoms with van der Waals surface area (Å²) in [6.45, 7) is 2.98. The monoisotopic (exact) mass is 244 g/mol. The van der Waals surface area contributed by atoms with Crippen molar-refractivity contribution >= 4 is 0 Å². The first-order valence-corrected chi connectivity index (χ1v) is 7.19. The molecular formula is C16H24N2. The molecule has 2 bridgehead atoms. The Morgan fingerprint density at radius 3 is 2.61 bits per heavy atom. The van der Waals surface area contributed by atoms with Crippen molar-refractivity contribution in [2.45, 2.75) is 44.2 Å². The van der Waals surface area contributed by atoms with E-state index in [0.717, 1.165) is 12.6 Å². The van der Waals surface area contributed by atoms with Gasteiger partial charge in [-0.25, -0.2) is 0 Å². The molecule has 2 aliphatic heterocycles. The van der Waals surface area contributed by atoms with Gasteiger partial charge in [0.05, 0.1) is 0 Å². The van der Waals surface area contributed by atoms with Crippen LogP contribution in [-0.2, 0) is 0 Å². The van der Waals surface area contributed by atoms with E-state index in [1.54, 1.807) is 0 Å². The molecule has 0 saturated carbocycles. The first-order valence-electron chi connectivity index (χ1n) is 7.19. The minimum atomic E-state index is 0.636. The van der Waals surface area contributed by atoms with Crippen LogP contribution in [0.1, 0.15) is 36.3 Å². The van der Waals surface area contributed by atoms with Gasteiger partial charge in [-0.1, -0.05) is 29.8 Å². The molecule has 0 aromatic heterocycles. The number of hydrogen-bond acceptors (Lipinski definition) is 2. The van der Waals surface area contributed by atoms with Crippen molar-refractivity contribution in [1.29, 1.82) is 0 Å². The molecule has 3 rings (SSSR count). The number of nitrogens with zero attached hydrogens (tertiary/aromatic N) is 1. The molecule has 1 aromatic rings. The third kappa shape index (κ3) is 1.88. The van der Waals surface area contributed by atoms with Gasteiger partial charge in [0.1, 0.15) is 0 Å². The van der Waals surface area contributed by atoms with E-state index in [0.29, 0.717) is 17.9 Å². The fourth-order valence-electron chi connectivity index (χ4n) is 4.10. The van der Waals surface area contributed by atoms with Gasteiger partial charge in [0.25, 0.3) is 0 Å². The third-order valence-corrected chi connectivity index (χ3v) is 5.21. The van der Waals surface area contributed by atoms with Crippen LogP contribution in [0.3, 0.4) is 0 Å². The Morgan fingerprint density at radius 2 is 1.94 bits per heavy atom. The molecule has 0 spiro atoms. The summed E-state index contributed by atoms with van der Waals surface area (Å²) in [6.07, 6.45) is 3.99. The summed E-state index contributed by atoms with van der Waals surface area (Å²) in [5, 5.41) is 0. The maximum absolute atomic E-state index is 6.08. The number of aryl methyl sites for hydroxylation is 1. The largest absolute Gasteiger partial charge is 0.330 e. The normalized spacial score (nSPS) is 35.9. The summed E-state index contributed by atoms with van der Waals surface area (Å²) in [7, 11) is 2.29. The number of piperidine rings is 1. The summed E-state index contributed by atoms with van der Waals surface area (Å²) >= 11 is 0. The van der Waals surface area contributed by atoms with Crippen LogP contribution in [-0.4, -0.2) is 30.6 Å². The first-order chi connectivity index (χ1) is 8.70. The molecule has 2 fully saturated rings. The smallest absolute Gasteiger partial charge is 0.0142 e. The lowest BCUT2D eigenvalue weighted by Gasteiger charge is -2.43. The van der Waals surface area contributed by atoms with Crippen LogP contribution < -0.4 is 5.73 Å². The molecule has 2 heterocycles. The molecule has 2 saturated heterocycles. The lowest BCUT2D eigenvalue weighted by Crippen LogP contribution is -2.48.